The van der Waals surface area contributed by atoms with E-state index in [0.29, 0.717) is 0 Å². The van der Waals surface area contributed by atoms with Gasteiger partial charge in [0.05, 0.1) is 0 Å². The van der Waals surface area contributed by atoms with Crippen LogP contribution in [0.3, 0.4) is 0 Å². The normalized spacial score (nSPS) is 18.2. The third kappa shape index (κ3) is 1.62. The van der Waals surface area contributed by atoms with Crippen LogP contribution in [0.15, 0.2) is 18.5 Å². The number of rotatable bonds is 3. The molecule has 2 heteroatoms. The quantitative estimate of drug-likeness (QED) is 0.657. The number of carbonyl (C=O) groups is 1. The molecule has 13 heavy (non-hydrogen) atoms. The van der Waals surface area contributed by atoms with Crippen molar-refractivity contribution >= 4 is 6.29 Å². The second-order valence-electron chi connectivity index (χ2n) is 3.96. The summed E-state index contributed by atoms with van der Waals surface area (Å²) in [6, 6.07) is 2.01. The van der Waals surface area contributed by atoms with Crippen LogP contribution in [0.1, 0.15) is 24.0 Å². The zero-order chi connectivity index (χ0) is 9.31. The molecule has 1 aromatic rings. The molecule has 1 heterocycles. The van der Waals surface area contributed by atoms with Crippen LogP contribution in [0.25, 0.3) is 0 Å². The molecular formula is C11H13NO. The molecule has 0 unspecified atom stereocenters. The van der Waals surface area contributed by atoms with E-state index in [4.69, 9.17) is 0 Å². The molecule has 0 atom stereocenters. The summed E-state index contributed by atoms with van der Waals surface area (Å²) in [6.45, 7) is 2.04. The molecule has 1 fully saturated rings. The van der Waals surface area contributed by atoms with E-state index in [1.54, 1.807) is 6.20 Å². The summed E-state index contributed by atoms with van der Waals surface area (Å²) in [7, 11) is 0. The lowest BCUT2D eigenvalue weighted by Gasteiger charge is -2.08. The van der Waals surface area contributed by atoms with Gasteiger partial charge in [-0.15, -0.1) is 0 Å². The van der Waals surface area contributed by atoms with Gasteiger partial charge in [0.2, 0.25) is 0 Å². The van der Waals surface area contributed by atoms with Crippen LogP contribution in [0.5, 0.6) is 0 Å². The lowest BCUT2D eigenvalue weighted by Crippen LogP contribution is -2.07. The number of hydrogen-bond acceptors (Lipinski definition) is 2. The van der Waals surface area contributed by atoms with E-state index in [1.807, 2.05) is 19.2 Å². The molecule has 0 spiro atoms. The summed E-state index contributed by atoms with van der Waals surface area (Å²) in [6.07, 6.45) is 7.77. The van der Waals surface area contributed by atoms with E-state index in [0.717, 1.165) is 25.5 Å². The Balaban J connectivity index is 2.18. The van der Waals surface area contributed by atoms with Crippen molar-refractivity contribution in [3.8, 4) is 0 Å². The Kier molecular flexibility index (Phi) is 1.91. The second-order valence-corrected chi connectivity index (χ2v) is 3.96. The Morgan fingerprint density at radius 1 is 1.62 bits per heavy atom. The van der Waals surface area contributed by atoms with Crippen LogP contribution in [0.4, 0.5) is 0 Å². The van der Waals surface area contributed by atoms with Crippen LogP contribution >= 0.6 is 0 Å². The number of nitrogens with zero attached hydrogens (tertiary/aromatic N) is 1. The smallest absolute Gasteiger partial charge is 0.126 e. The molecular weight excluding hydrogens is 162 g/mol. The first kappa shape index (κ1) is 8.42. The molecule has 1 saturated carbocycles. The predicted octanol–water partition coefficient (Wildman–Crippen LogP) is 1.91. The first-order chi connectivity index (χ1) is 6.26. The van der Waals surface area contributed by atoms with Gasteiger partial charge in [0, 0.05) is 17.8 Å². The summed E-state index contributed by atoms with van der Waals surface area (Å²) in [5, 5.41) is 0. The second kappa shape index (κ2) is 2.95. The van der Waals surface area contributed by atoms with E-state index >= 15 is 0 Å². The fourth-order valence-corrected chi connectivity index (χ4v) is 1.58. The van der Waals surface area contributed by atoms with E-state index in [9.17, 15) is 4.79 Å². The van der Waals surface area contributed by atoms with Gasteiger partial charge >= 0.3 is 0 Å². The molecule has 2 nitrogen and oxygen atoms in total. The molecule has 0 saturated heterocycles. The highest BCUT2D eigenvalue weighted by Gasteiger charge is 2.42. The Labute approximate surface area is 78.0 Å². The van der Waals surface area contributed by atoms with Gasteiger partial charge in [-0.2, -0.15) is 0 Å². The van der Waals surface area contributed by atoms with Crippen LogP contribution < -0.4 is 0 Å². The molecule has 0 amide bonds. The highest BCUT2D eigenvalue weighted by atomic mass is 16.1. The lowest BCUT2D eigenvalue weighted by atomic mass is 9.96. The van der Waals surface area contributed by atoms with Crippen molar-refractivity contribution < 1.29 is 4.79 Å². The van der Waals surface area contributed by atoms with E-state index in [2.05, 4.69) is 4.98 Å². The van der Waals surface area contributed by atoms with E-state index in [1.165, 1.54) is 11.1 Å². The van der Waals surface area contributed by atoms with Gasteiger partial charge in [0.1, 0.15) is 6.29 Å². The fraction of sp³-hybridized carbons (Fsp3) is 0.455. The van der Waals surface area contributed by atoms with Crippen molar-refractivity contribution in [2.24, 2.45) is 5.41 Å². The van der Waals surface area contributed by atoms with Gasteiger partial charge in [-0.3, -0.25) is 4.98 Å². The van der Waals surface area contributed by atoms with E-state index < -0.39 is 0 Å². The van der Waals surface area contributed by atoms with Crippen LogP contribution in [0.2, 0.25) is 0 Å². The Morgan fingerprint density at radius 3 is 2.92 bits per heavy atom. The average molecular weight is 175 g/mol. The standard InChI is InChI=1S/C11H13NO/c1-9-7-12-5-2-10(9)6-11(8-13)3-4-11/h2,5,7-8H,3-4,6H2,1H3. The van der Waals surface area contributed by atoms with E-state index in [-0.39, 0.29) is 5.41 Å². The number of aldehydes is 1. The summed E-state index contributed by atoms with van der Waals surface area (Å²) in [5.41, 5.74) is 2.43. The highest BCUT2D eigenvalue weighted by Crippen LogP contribution is 2.46. The third-order valence-corrected chi connectivity index (χ3v) is 2.82. The van der Waals surface area contributed by atoms with Crippen molar-refractivity contribution in [3.05, 3.63) is 29.6 Å². The van der Waals surface area contributed by atoms with Crippen LogP contribution in [-0.2, 0) is 11.2 Å². The maximum Gasteiger partial charge on any atom is 0.126 e. The number of hydrogen-bond donors (Lipinski definition) is 0. The lowest BCUT2D eigenvalue weighted by molar-refractivity contribution is -0.112. The molecule has 1 aliphatic carbocycles. The van der Waals surface area contributed by atoms with Crippen molar-refractivity contribution in [1.29, 1.82) is 0 Å². The Hall–Kier alpha value is -1.18. The Morgan fingerprint density at radius 2 is 2.38 bits per heavy atom. The topological polar surface area (TPSA) is 30.0 Å². The molecule has 1 aromatic heterocycles. The first-order valence-corrected chi connectivity index (χ1v) is 4.62. The molecule has 0 bridgehead atoms. The minimum Gasteiger partial charge on any atom is -0.303 e. The minimum atomic E-state index is -0.0217. The number of aromatic nitrogens is 1. The molecule has 2 rings (SSSR count). The highest BCUT2D eigenvalue weighted by molar-refractivity contribution is 5.64. The first-order valence-electron chi connectivity index (χ1n) is 4.62. The zero-order valence-corrected chi connectivity index (χ0v) is 7.79. The molecule has 0 aromatic carbocycles. The van der Waals surface area contributed by atoms with Crippen molar-refractivity contribution in [3.63, 3.8) is 0 Å². The number of aryl methyl sites for hydroxylation is 1. The molecule has 68 valence electrons. The number of carbonyl (C=O) groups excluding carboxylic acids is 1. The van der Waals surface area contributed by atoms with Gasteiger partial charge in [0.25, 0.3) is 0 Å². The Bertz CT molecular complexity index is 329. The van der Waals surface area contributed by atoms with Gasteiger partial charge < -0.3 is 4.79 Å². The van der Waals surface area contributed by atoms with Crippen molar-refractivity contribution in [2.45, 2.75) is 26.2 Å². The van der Waals surface area contributed by atoms with Crippen molar-refractivity contribution in [1.82, 2.24) is 4.98 Å². The van der Waals surface area contributed by atoms with Crippen LogP contribution in [0, 0.1) is 12.3 Å². The molecule has 0 radical (unpaired) electrons. The molecule has 0 aliphatic heterocycles. The SMILES string of the molecule is Cc1cnccc1CC1(C=O)CC1. The van der Waals surface area contributed by atoms with Gasteiger partial charge in [-0.25, -0.2) is 0 Å². The molecule has 1 aliphatic rings. The fourth-order valence-electron chi connectivity index (χ4n) is 1.58. The average Bonchev–Trinajstić information content (AvgIpc) is 2.90. The zero-order valence-electron chi connectivity index (χ0n) is 7.79. The van der Waals surface area contributed by atoms with Crippen LogP contribution in [-0.4, -0.2) is 11.3 Å². The summed E-state index contributed by atoms with van der Waals surface area (Å²) in [5.74, 6) is 0. The van der Waals surface area contributed by atoms with Gasteiger partial charge in [-0.05, 0) is 43.4 Å². The summed E-state index contributed by atoms with van der Waals surface area (Å²) >= 11 is 0. The van der Waals surface area contributed by atoms with Crippen molar-refractivity contribution in [2.75, 3.05) is 0 Å². The van der Waals surface area contributed by atoms with Gasteiger partial charge in [-0.1, -0.05) is 0 Å². The third-order valence-electron chi connectivity index (χ3n) is 2.82. The van der Waals surface area contributed by atoms with Gasteiger partial charge in [0.15, 0.2) is 0 Å². The summed E-state index contributed by atoms with van der Waals surface area (Å²) < 4.78 is 0. The maximum atomic E-state index is 10.8. The largest absolute Gasteiger partial charge is 0.303 e. The number of pyridine rings is 1. The summed E-state index contributed by atoms with van der Waals surface area (Å²) in [4.78, 5) is 14.8. The maximum absolute atomic E-state index is 10.8. The predicted molar refractivity (Wildman–Crippen MR) is 50.4 cm³/mol. The molecule has 0 N–H and O–H groups in total. The monoisotopic (exact) mass is 175 g/mol. The minimum absolute atomic E-state index is 0.0217.